The van der Waals surface area contributed by atoms with Crippen molar-refractivity contribution in [3.63, 3.8) is 0 Å². The molecule has 0 bridgehead atoms. The van der Waals surface area contributed by atoms with E-state index in [-0.39, 0.29) is 5.56 Å². The monoisotopic (exact) mass is 265 g/mol. The van der Waals surface area contributed by atoms with Gasteiger partial charge in [-0.3, -0.25) is 9.59 Å². The summed E-state index contributed by atoms with van der Waals surface area (Å²) < 4.78 is 1.46. The van der Waals surface area contributed by atoms with Crippen molar-refractivity contribution in [2.45, 2.75) is 26.2 Å². The van der Waals surface area contributed by atoms with E-state index in [1.807, 2.05) is 6.92 Å². The molecule has 1 unspecified atom stereocenters. The lowest BCUT2D eigenvalue weighted by Gasteiger charge is -2.24. The first kappa shape index (κ1) is 13.6. The third-order valence-electron chi connectivity index (χ3n) is 3.83. The van der Waals surface area contributed by atoms with Gasteiger partial charge in [-0.25, -0.2) is 4.98 Å². The number of carbonyl (C=O) groups is 1. The zero-order valence-corrected chi connectivity index (χ0v) is 11.3. The molecule has 0 amide bonds. The van der Waals surface area contributed by atoms with Gasteiger partial charge < -0.3 is 14.6 Å². The lowest BCUT2D eigenvalue weighted by atomic mass is 9.83. The number of carboxylic acid groups (broad SMARTS) is 1. The molecule has 1 aliphatic heterocycles. The molecule has 1 atom stereocenters. The van der Waals surface area contributed by atoms with E-state index in [9.17, 15) is 14.7 Å². The second-order valence-electron chi connectivity index (χ2n) is 5.17. The summed E-state index contributed by atoms with van der Waals surface area (Å²) in [5, 5.41) is 9.45. The molecule has 2 rings (SSSR count). The molecule has 1 fully saturated rings. The highest BCUT2D eigenvalue weighted by Gasteiger charge is 2.44. The molecule has 1 aromatic rings. The van der Waals surface area contributed by atoms with Crippen LogP contribution in [0.5, 0.6) is 0 Å². The molecule has 2 heterocycles. The fourth-order valence-electron chi connectivity index (χ4n) is 2.72. The highest BCUT2D eigenvalue weighted by atomic mass is 16.4. The molecule has 0 saturated carbocycles. The molecule has 19 heavy (non-hydrogen) atoms. The largest absolute Gasteiger partial charge is 0.481 e. The van der Waals surface area contributed by atoms with E-state index in [1.165, 1.54) is 4.57 Å². The first-order valence-corrected chi connectivity index (χ1v) is 6.50. The Kier molecular flexibility index (Phi) is 3.59. The number of carboxylic acids is 1. The van der Waals surface area contributed by atoms with Crippen LogP contribution >= 0.6 is 0 Å². The molecule has 1 saturated heterocycles. The molecule has 1 N–H and O–H groups in total. The zero-order valence-electron chi connectivity index (χ0n) is 11.3. The number of aromatic nitrogens is 2. The maximum atomic E-state index is 12.0. The number of hydrogen-bond donors (Lipinski definition) is 1. The minimum atomic E-state index is -0.774. The van der Waals surface area contributed by atoms with Gasteiger partial charge in [0.15, 0.2) is 5.82 Å². The quantitative estimate of drug-likeness (QED) is 0.874. The smallest absolute Gasteiger partial charge is 0.311 e. The van der Waals surface area contributed by atoms with Gasteiger partial charge in [0.2, 0.25) is 0 Å². The van der Waals surface area contributed by atoms with Crippen molar-refractivity contribution >= 4 is 11.8 Å². The molecule has 0 radical (unpaired) electrons. The van der Waals surface area contributed by atoms with Crippen molar-refractivity contribution in [3.05, 3.63) is 22.7 Å². The summed E-state index contributed by atoms with van der Waals surface area (Å²) in [5.41, 5.74) is -0.919. The standard InChI is InChI=1S/C13H19N3O3/c1-3-4-13(12(18)19)5-7-16(9-13)10-11(17)15(2)8-6-14-10/h6,8H,3-5,7,9H2,1-2H3,(H,18,19). The van der Waals surface area contributed by atoms with E-state index in [2.05, 4.69) is 4.98 Å². The van der Waals surface area contributed by atoms with Crippen LogP contribution in [-0.2, 0) is 11.8 Å². The molecule has 0 aromatic carbocycles. The summed E-state index contributed by atoms with van der Waals surface area (Å²) in [6.45, 7) is 2.91. The number of hydrogen-bond acceptors (Lipinski definition) is 4. The predicted molar refractivity (Wildman–Crippen MR) is 71.3 cm³/mol. The maximum absolute atomic E-state index is 12.0. The summed E-state index contributed by atoms with van der Waals surface area (Å²) in [7, 11) is 1.67. The predicted octanol–water partition coefficient (Wildman–Crippen LogP) is 0.862. The minimum Gasteiger partial charge on any atom is -0.481 e. The van der Waals surface area contributed by atoms with Crippen molar-refractivity contribution in [1.82, 2.24) is 9.55 Å². The molecule has 0 spiro atoms. The van der Waals surface area contributed by atoms with Gasteiger partial charge in [0, 0.05) is 32.5 Å². The molecule has 1 aliphatic rings. The first-order valence-electron chi connectivity index (χ1n) is 6.50. The molecule has 104 valence electrons. The SMILES string of the molecule is CCCC1(C(=O)O)CCN(c2nccn(C)c2=O)C1. The Bertz CT molecular complexity index is 540. The Morgan fingerprint density at radius 3 is 2.95 bits per heavy atom. The van der Waals surface area contributed by atoms with Gasteiger partial charge in [-0.15, -0.1) is 0 Å². The maximum Gasteiger partial charge on any atom is 0.311 e. The van der Waals surface area contributed by atoms with Crippen molar-refractivity contribution in [1.29, 1.82) is 0 Å². The Morgan fingerprint density at radius 1 is 1.58 bits per heavy atom. The third-order valence-corrected chi connectivity index (χ3v) is 3.83. The normalized spacial score (nSPS) is 22.7. The van der Waals surface area contributed by atoms with Crippen LogP contribution in [0, 0.1) is 5.41 Å². The van der Waals surface area contributed by atoms with Crippen LogP contribution < -0.4 is 10.5 Å². The van der Waals surface area contributed by atoms with E-state index in [4.69, 9.17) is 0 Å². The lowest BCUT2D eigenvalue weighted by molar-refractivity contribution is -0.148. The van der Waals surface area contributed by atoms with Crippen LogP contribution in [0.15, 0.2) is 17.2 Å². The number of nitrogens with zero attached hydrogens (tertiary/aromatic N) is 3. The van der Waals surface area contributed by atoms with Gasteiger partial charge in [-0.2, -0.15) is 0 Å². The fraction of sp³-hybridized carbons (Fsp3) is 0.615. The molecule has 6 heteroatoms. The average Bonchev–Trinajstić information content (AvgIpc) is 2.79. The van der Waals surface area contributed by atoms with E-state index < -0.39 is 11.4 Å². The summed E-state index contributed by atoms with van der Waals surface area (Å²) in [6, 6.07) is 0. The summed E-state index contributed by atoms with van der Waals surface area (Å²) in [6.07, 6.45) is 5.18. The van der Waals surface area contributed by atoms with Crippen LogP contribution in [0.25, 0.3) is 0 Å². The minimum absolute atomic E-state index is 0.180. The highest BCUT2D eigenvalue weighted by molar-refractivity contribution is 5.76. The third kappa shape index (κ3) is 2.34. The lowest BCUT2D eigenvalue weighted by Crippen LogP contribution is -2.37. The zero-order chi connectivity index (χ0) is 14.0. The van der Waals surface area contributed by atoms with Crippen LogP contribution in [0.2, 0.25) is 0 Å². The van der Waals surface area contributed by atoms with E-state index in [0.717, 1.165) is 6.42 Å². The molecular formula is C13H19N3O3. The molecule has 6 nitrogen and oxygen atoms in total. The summed E-state index contributed by atoms with van der Waals surface area (Å²) in [4.78, 5) is 29.4. The van der Waals surface area contributed by atoms with Gasteiger partial charge >= 0.3 is 5.97 Å². The van der Waals surface area contributed by atoms with Crippen LogP contribution in [0.3, 0.4) is 0 Å². The number of aliphatic carboxylic acids is 1. The fourth-order valence-corrected chi connectivity index (χ4v) is 2.72. The Balaban J connectivity index is 2.29. The van der Waals surface area contributed by atoms with Gasteiger partial charge in [0.05, 0.1) is 5.41 Å². The number of anilines is 1. The van der Waals surface area contributed by atoms with Gasteiger partial charge in [0.1, 0.15) is 0 Å². The summed E-state index contributed by atoms with van der Waals surface area (Å²) in [5.74, 6) is -0.422. The van der Waals surface area contributed by atoms with Gasteiger partial charge in [0.25, 0.3) is 5.56 Å². The van der Waals surface area contributed by atoms with Gasteiger partial charge in [-0.1, -0.05) is 13.3 Å². The second kappa shape index (κ2) is 5.03. The molecular weight excluding hydrogens is 246 g/mol. The van der Waals surface area contributed by atoms with Crippen LogP contribution in [-0.4, -0.2) is 33.7 Å². The van der Waals surface area contributed by atoms with Crippen molar-refractivity contribution < 1.29 is 9.90 Å². The van der Waals surface area contributed by atoms with E-state index in [0.29, 0.717) is 31.7 Å². The Hall–Kier alpha value is -1.85. The first-order chi connectivity index (χ1) is 9.00. The van der Waals surface area contributed by atoms with Crippen molar-refractivity contribution in [2.75, 3.05) is 18.0 Å². The van der Waals surface area contributed by atoms with Crippen molar-refractivity contribution in [2.24, 2.45) is 12.5 Å². The van der Waals surface area contributed by atoms with E-state index >= 15 is 0 Å². The van der Waals surface area contributed by atoms with Crippen molar-refractivity contribution in [3.8, 4) is 0 Å². The summed E-state index contributed by atoms with van der Waals surface area (Å²) >= 11 is 0. The second-order valence-corrected chi connectivity index (χ2v) is 5.17. The van der Waals surface area contributed by atoms with Gasteiger partial charge in [-0.05, 0) is 12.8 Å². The van der Waals surface area contributed by atoms with E-state index in [1.54, 1.807) is 24.3 Å². The number of aryl methyl sites for hydroxylation is 1. The molecule has 0 aliphatic carbocycles. The van der Waals surface area contributed by atoms with Crippen LogP contribution in [0.4, 0.5) is 5.82 Å². The average molecular weight is 265 g/mol. The molecule has 1 aromatic heterocycles. The Morgan fingerprint density at radius 2 is 2.32 bits per heavy atom. The highest BCUT2D eigenvalue weighted by Crippen LogP contribution is 2.36. The number of rotatable bonds is 4. The topological polar surface area (TPSA) is 75.4 Å². The Labute approximate surface area is 111 Å². The van der Waals surface area contributed by atoms with Crippen LogP contribution in [0.1, 0.15) is 26.2 Å².